The third-order valence-corrected chi connectivity index (χ3v) is 3.94. The van der Waals surface area contributed by atoms with Gasteiger partial charge in [0.1, 0.15) is 11.6 Å². The molecule has 0 heterocycles. The Morgan fingerprint density at radius 1 is 1.24 bits per heavy atom. The summed E-state index contributed by atoms with van der Waals surface area (Å²) in [4.78, 5) is 22.7. The maximum Gasteiger partial charge on any atom is 0.303 e. The fourth-order valence-corrected chi connectivity index (χ4v) is 2.69. The number of carboxylic acids is 1. The van der Waals surface area contributed by atoms with Gasteiger partial charge in [-0.1, -0.05) is 12.5 Å². The van der Waals surface area contributed by atoms with Crippen LogP contribution in [0.4, 0.5) is 8.78 Å². The Morgan fingerprint density at radius 3 is 2.33 bits per heavy atom. The molecule has 1 aliphatic carbocycles. The minimum atomic E-state index is -1.15. The number of hydrogen-bond donors (Lipinski definition) is 2. The average Bonchev–Trinajstić information content (AvgIpc) is 2.36. The number of carbonyl (C=O) groups is 2. The zero-order chi connectivity index (χ0) is 15.5. The third-order valence-electron chi connectivity index (χ3n) is 3.94. The molecule has 1 fully saturated rings. The normalized spacial score (nSPS) is 16.1. The van der Waals surface area contributed by atoms with E-state index in [1.165, 1.54) is 6.07 Å². The summed E-state index contributed by atoms with van der Waals surface area (Å²) in [5, 5.41) is 11.1. The van der Waals surface area contributed by atoms with E-state index in [1.54, 1.807) is 0 Å². The number of carboxylic acid groups (broad SMARTS) is 1. The van der Waals surface area contributed by atoms with E-state index in [4.69, 9.17) is 5.11 Å². The van der Waals surface area contributed by atoms with Crippen LogP contribution in [0.2, 0.25) is 0 Å². The summed E-state index contributed by atoms with van der Waals surface area (Å²) in [6, 6.07) is 3.57. The second kappa shape index (κ2) is 6.20. The zero-order valence-electron chi connectivity index (χ0n) is 11.5. The van der Waals surface area contributed by atoms with Gasteiger partial charge in [-0.15, -0.1) is 0 Å². The maximum atomic E-state index is 13.9. The van der Waals surface area contributed by atoms with Gasteiger partial charge in [0.05, 0.1) is 5.41 Å². The molecule has 0 unspecified atom stereocenters. The van der Waals surface area contributed by atoms with Crippen molar-refractivity contribution in [1.29, 1.82) is 0 Å². The van der Waals surface area contributed by atoms with Gasteiger partial charge in [-0.05, 0) is 31.4 Å². The summed E-state index contributed by atoms with van der Waals surface area (Å²) in [6.07, 6.45) is 1.76. The predicted octanol–water partition coefficient (Wildman–Crippen LogP) is 2.37. The number of nitrogens with one attached hydrogen (secondary N) is 1. The first kappa shape index (κ1) is 15.4. The number of amides is 1. The van der Waals surface area contributed by atoms with Gasteiger partial charge >= 0.3 is 5.97 Å². The van der Waals surface area contributed by atoms with E-state index in [0.29, 0.717) is 12.8 Å². The highest BCUT2D eigenvalue weighted by Gasteiger charge is 2.48. The number of benzene rings is 1. The predicted molar refractivity (Wildman–Crippen MR) is 71.8 cm³/mol. The zero-order valence-corrected chi connectivity index (χ0v) is 11.5. The SMILES string of the molecule is O=C(O)CCCNC(=O)C1(c2c(F)cccc2F)CCC1. The molecular weight excluding hydrogens is 280 g/mol. The van der Waals surface area contributed by atoms with Crippen molar-refractivity contribution in [3.63, 3.8) is 0 Å². The highest BCUT2D eigenvalue weighted by atomic mass is 19.1. The molecule has 21 heavy (non-hydrogen) atoms. The highest BCUT2D eigenvalue weighted by molar-refractivity contribution is 5.89. The molecule has 2 N–H and O–H groups in total. The number of aliphatic carboxylic acids is 1. The smallest absolute Gasteiger partial charge is 0.303 e. The molecule has 4 nitrogen and oxygen atoms in total. The third kappa shape index (κ3) is 3.04. The van der Waals surface area contributed by atoms with E-state index in [0.717, 1.165) is 18.6 Å². The van der Waals surface area contributed by atoms with Gasteiger partial charge in [-0.25, -0.2) is 8.78 Å². The molecule has 1 aliphatic rings. The molecule has 1 amide bonds. The molecule has 0 bridgehead atoms. The van der Waals surface area contributed by atoms with E-state index in [9.17, 15) is 18.4 Å². The van der Waals surface area contributed by atoms with Crippen molar-refractivity contribution in [2.75, 3.05) is 6.54 Å². The van der Waals surface area contributed by atoms with Crippen LogP contribution in [0.5, 0.6) is 0 Å². The lowest BCUT2D eigenvalue weighted by Crippen LogP contribution is -2.50. The molecule has 1 aromatic rings. The van der Waals surface area contributed by atoms with E-state index < -0.39 is 28.9 Å². The first-order valence-electron chi connectivity index (χ1n) is 6.92. The summed E-state index contributed by atoms with van der Waals surface area (Å²) in [5.74, 6) is -2.79. The molecule has 114 valence electrons. The Morgan fingerprint density at radius 2 is 1.86 bits per heavy atom. The van der Waals surface area contributed by atoms with Crippen LogP contribution < -0.4 is 5.32 Å². The van der Waals surface area contributed by atoms with Crippen molar-refractivity contribution in [3.05, 3.63) is 35.4 Å². The van der Waals surface area contributed by atoms with Gasteiger partial charge in [0.25, 0.3) is 0 Å². The molecule has 2 rings (SSSR count). The number of hydrogen-bond acceptors (Lipinski definition) is 2. The molecule has 0 aliphatic heterocycles. The van der Waals surface area contributed by atoms with Crippen molar-refractivity contribution < 1.29 is 23.5 Å². The Hall–Kier alpha value is -1.98. The lowest BCUT2D eigenvalue weighted by atomic mass is 9.63. The average molecular weight is 297 g/mol. The van der Waals surface area contributed by atoms with Gasteiger partial charge in [0, 0.05) is 18.5 Å². The molecule has 6 heteroatoms. The van der Waals surface area contributed by atoms with Crippen LogP contribution in [0.25, 0.3) is 0 Å². The summed E-state index contributed by atoms with van der Waals surface area (Å²) in [5.41, 5.74) is -1.33. The standard InChI is InChI=1S/C15H17F2NO3/c16-10-4-1-5-11(17)13(10)15(7-3-8-15)14(21)18-9-2-6-12(19)20/h1,4-5H,2-3,6-9H2,(H,18,21)(H,19,20). The molecule has 1 aromatic carbocycles. The van der Waals surface area contributed by atoms with Crippen LogP contribution in [-0.2, 0) is 15.0 Å². The van der Waals surface area contributed by atoms with Crippen LogP contribution in [0.15, 0.2) is 18.2 Å². The van der Waals surface area contributed by atoms with Crippen LogP contribution in [0.3, 0.4) is 0 Å². The number of rotatable bonds is 6. The van der Waals surface area contributed by atoms with E-state index in [-0.39, 0.29) is 24.9 Å². The minimum absolute atomic E-state index is 0.0542. The Labute approximate surface area is 121 Å². The van der Waals surface area contributed by atoms with Gasteiger partial charge in [-0.2, -0.15) is 0 Å². The van der Waals surface area contributed by atoms with Gasteiger partial charge < -0.3 is 10.4 Å². The summed E-state index contributed by atoms with van der Waals surface area (Å²) >= 11 is 0. The second-order valence-corrected chi connectivity index (χ2v) is 5.29. The first-order valence-corrected chi connectivity index (χ1v) is 6.92. The van der Waals surface area contributed by atoms with Crippen LogP contribution in [0, 0.1) is 11.6 Å². The van der Waals surface area contributed by atoms with Crippen molar-refractivity contribution in [2.45, 2.75) is 37.5 Å². The first-order chi connectivity index (χ1) is 9.97. The lowest BCUT2D eigenvalue weighted by molar-refractivity contribution is -0.137. The van der Waals surface area contributed by atoms with E-state index in [2.05, 4.69) is 5.32 Å². The van der Waals surface area contributed by atoms with Crippen molar-refractivity contribution in [3.8, 4) is 0 Å². The topological polar surface area (TPSA) is 66.4 Å². The Kier molecular flexibility index (Phi) is 4.55. The monoisotopic (exact) mass is 297 g/mol. The van der Waals surface area contributed by atoms with Crippen LogP contribution in [0.1, 0.15) is 37.7 Å². The fraction of sp³-hybridized carbons (Fsp3) is 0.467. The fourth-order valence-electron chi connectivity index (χ4n) is 2.69. The van der Waals surface area contributed by atoms with Crippen molar-refractivity contribution >= 4 is 11.9 Å². The highest BCUT2D eigenvalue weighted by Crippen LogP contribution is 2.45. The molecule has 0 aromatic heterocycles. The summed E-state index contributed by atoms with van der Waals surface area (Å²) in [7, 11) is 0. The quantitative estimate of drug-likeness (QED) is 0.792. The largest absolute Gasteiger partial charge is 0.481 e. The van der Waals surface area contributed by atoms with Gasteiger partial charge in [0.2, 0.25) is 5.91 Å². The van der Waals surface area contributed by atoms with Crippen LogP contribution >= 0.6 is 0 Å². The van der Waals surface area contributed by atoms with Gasteiger partial charge in [0.15, 0.2) is 0 Å². The molecule has 0 radical (unpaired) electrons. The maximum absolute atomic E-state index is 13.9. The van der Waals surface area contributed by atoms with Crippen molar-refractivity contribution in [1.82, 2.24) is 5.32 Å². The minimum Gasteiger partial charge on any atom is -0.481 e. The lowest BCUT2D eigenvalue weighted by Gasteiger charge is -2.40. The molecular formula is C15H17F2NO3. The number of carbonyl (C=O) groups excluding carboxylic acids is 1. The number of halogens is 2. The van der Waals surface area contributed by atoms with Gasteiger partial charge in [-0.3, -0.25) is 9.59 Å². The van der Waals surface area contributed by atoms with E-state index in [1.807, 2.05) is 0 Å². The Bertz CT molecular complexity index is 536. The Balaban J connectivity index is 2.11. The molecule has 0 spiro atoms. The summed E-state index contributed by atoms with van der Waals surface area (Å²) < 4.78 is 27.8. The molecule has 0 saturated heterocycles. The van der Waals surface area contributed by atoms with Crippen LogP contribution in [-0.4, -0.2) is 23.5 Å². The molecule has 1 saturated carbocycles. The summed E-state index contributed by atoms with van der Waals surface area (Å²) in [6.45, 7) is 0.183. The second-order valence-electron chi connectivity index (χ2n) is 5.29. The van der Waals surface area contributed by atoms with Crippen molar-refractivity contribution in [2.24, 2.45) is 0 Å². The molecule has 0 atom stereocenters. The van der Waals surface area contributed by atoms with E-state index >= 15 is 0 Å².